The van der Waals surface area contributed by atoms with Gasteiger partial charge in [-0.3, -0.25) is 0 Å². The number of hydrogen-bond acceptors (Lipinski definition) is 6. The zero-order valence-electron chi connectivity index (χ0n) is 12.9. The molecule has 7 nitrogen and oxygen atoms in total. The summed E-state index contributed by atoms with van der Waals surface area (Å²) in [5, 5.41) is 16.1. The third-order valence-corrected chi connectivity index (χ3v) is 4.12. The highest BCUT2D eigenvalue weighted by molar-refractivity contribution is 5.51. The van der Waals surface area contributed by atoms with Gasteiger partial charge in [-0.2, -0.15) is 5.10 Å². The Morgan fingerprint density at radius 3 is 3.00 bits per heavy atom. The van der Waals surface area contributed by atoms with E-state index in [2.05, 4.69) is 25.6 Å². The fraction of sp³-hybridized carbons (Fsp3) is 0.375. The van der Waals surface area contributed by atoms with Crippen molar-refractivity contribution < 1.29 is 4.42 Å². The summed E-state index contributed by atoms with van der Waals surface area (Å²) in [5.41, 5.74) is 0.934. The van der Waals surface area contributed by atoms with E-state index in [1.165, 1.54) is 0 Å². The molecule has 3 aromatic rings. The normalized spacial score (nSPS) is 18.6. The highest BCUT2D eigenvalue weighted by Gasteiger charge is 2.23. The van der Waals surface area contributed by atoms with Crippen LogP contribution in [0.25, 0.3) is 11.5 Å². The summed E-state index contributed by atoms with van der Waals surface area (Å²) in [4.78, 5) is 4.25. The molecule has 1 aromatic carbocycles. The smallest absolute Gasteiger partial charge is 0.247 e. The lowest BCUT2D eigenvalue weighted by Crippen LogP contribution is -2.39. The van der Waals surface area contributed by atoms with Gasteiger partial charge in [0.2, 0.25) is 11.8 Å². The number of aromatic nitrogens is 5. The van der Waals surface area contributed by atoms with E-state index in [0.717, 1.165) is 30.8 Å². The second kappa shape index (κ2) is 5.92. The van der Waals surface area contributed by atoms with E-state index in [9.17, 15) is 0 Å². The van der Waals surface area contributed by atoms with Gasteiger partial charge in [-0.05, 0) is 25.5 Å². The van der Waals surface area contributed by atoms with Crippen LogP contribution in [0.2, 0.25) is 0 Å². The lowest BCUT2D eigenvalue weighted by Gasteiger charge is -2.25. The van der Waals surface area contributed by atoms with Gasteiger partial charge >= 0.3 is 0 Å². The molecule has 4 rings (SSSR count). The van der Waals surface area contributed by atoms with Gasteiger partial charge in [-0.15, -0.1) is 10.2 Å². The van der Waals surface area contributed by atoms with E-state index < -0.39 is 0 Å². The van der Waals surface area contributed by atoms with Crippen LogP contribution < -0.4 is 5.32 Å². The summed E-state index contributed by atoms with van der Waals surface area (Å²) in [7, 11) is 0. The number of nitrogens with zero attached hydrogens (tertiary/aromatic N) is 5. The van der Waals surface area contributed by atoms with Crippen LogP contribution >= 0.6 is 0 Å². The van der Waals surface area contributed by atoms with E-state index >= 15 is 0 Å². The van der Waals surface area contributed by atoms with Crippen molar-refractivity contribution >= 4 is 0 Å². The average Bonchev–Trinajstić information content (AvgIpc) is 3.24. The number of hydrogen-bond donors (Lipinski definition) is 1. The Hall–Kier alpha value is -2.54. The molecule has 2 atom stereocenters. The Bertz CT molecular complexity index is 781. The van der Waals surface area contributed by atoms with Gasteiger partial charge in [-0.1, -0.05) is 18.2 Å². The monoisotopic (exact) mass is 310 g/mol. The highest BCUT2D eigenvalue weighted by atomic mass is 16.4. The fourth-order valence-corrected chi connectivity index (χ4v) is 2.91. The zero-order valence-corrected chi connectivity index (χ0v) is 12.9. The minimum absolute atomic E-state index is 0.00460. The molecule has 0 saturated heterocycles. The van der Waals surface area contributed by atoms with Gasteiger partial charge in [0.15, 0.2) is 0 Å². The third-order valence-electron chi connectivity index (χ3n) is 4.12. The number of rotatable bonds is 4. The molecule has 1 N–H and O–H groups in total. The first-order valence-electron chi connectivity index (χ1n) is 7.81. The van der Waals surface area contributed by atoms with Crippen molar-refractivity contribution in [3.05, 3.63) is 48.4 Å². The van der Waals surface area contributed by atoms with Gasteiger partial charge in [-0.25, -0.2) is 9.67 Å². The highest BCUT2D eigenvalue weighted by Crippen LogP contribution is 2.21. The number of nitrogens with one attached hydrogen (secondary N) is 1. The van der Waals surface area contributed by atoms with Crippen molar-refractivity contribution in [3.63, 3.8) is 0 Å². The molecule has 0 spiro atoms. The van der Waals surface area contributed by atoms with Crippen molar-refractivity contribution in [1.29, 1.82) is 0 Å². The first kappa shape index (κ1) is 14.1. The molecule has 2 aromatic heterocycles. The number of benzene rings is 1. The van der Waals surface area contributed by atoms with Crippen molar-refractivity contribution in [2.75, 3.05) is 0 Å². The van der Waals surface area contributed by atoms with Crippen LogP contribution in [0.3, 0.4) is 0 Å². The van der Waals surface area contributed by atoms with Crippen molar-refractivity contribution in [3.8, 4) is 11.5 Å². The quantitative estimate of drug-likeness (QED) is 0.793. The topological polar surface area (TPSA) is 81.7 Å². The number of fused-ring (bicyclic) bond motifs is 1. The van der Waals surface area contributed by atoms with Gasteiger partial charge in [0, 0.05) is 18.0 Å². The van der Waals surface area contributed by atoms with Gasteiger partial charge in [0.1, 0.15) is 12.2 Å². The lowest BCUT2D eigenvalue weighted by molar-refractivity contribution is 0.310. The summed E-state index contributed by atoms with van der Waals surface area (Å²) in [6.07, 6.45) is 3.58. The van der Waals surface area contributed by atoms with Gasteiger partial charge in [0.25, 0.3) is 0 Å². The van der Waals surface area contributed by atoms with Crippen LogP contribution in [0.4, 0.5) is 0 Å². The molecule has 0 radical (unpaired) electrons. The molecule has 1 aliphatic rings. The number of aryl methyl sites for hydroxylation is 1. The van der Waals surface area contributed by atoms with E-state index in [1.807, 2.05) is 41.9 Å². The summed E-state index contributed by atoms with van der Waals surface area (Å²) in [6.45, 7) is 2.86. The predicted molar refractivity (Wildman–Crippen MR) is 83.4 cm³/mol. The van der Waals surface area contributed by atoms with Crippen LogP contribution in [0.15, 0.2) is 41.1 Å². The van der Waals surface area contributed by atoms with Gasteiger partial charge < -0.3 is 9.73 Å². The maximum Gasteiger partial charge on any atom is 0.247 e. The molecule has 118 valence electrons. The summed E-state index contributed by atoms with van der Waals surface area (Å²) in [6, 6.07) is 10.1. The summed E-state index contributed by atoms with van der Waals surface area (Å²) in [5.74, 6) is 2.21. The molecular weight excluding hydrogens is 292 g/mol. The third kappa shape index (κ3) is 2.87. The average molecular weight is 310 g/mol. The SMILES string of the molecule is CC(NC1CCc2ncnn2C1)c1nnc(-c2ccccc2)o1. The molecule has 3 heterocycles. The molecule has 0 amide bonds. The van der Waals surface area contributed by atoms with Gasteiger partial charge in [0.05, 0.1) is 12.6 Å². The first-order valence-corrected chi connectivity index (χ1v) is 7.81. The van der Waals surface area contributed by atoms with Crippen LogP contribution in [0.5, 0.6) is 0 Å². The predicted octanol–water partition coefficient (Wildman–Crippen LogP) is 1.99. The molecule has 0 fully saturated rings. The maximum absolute atomic E-state index is 5.81. The molecule has 1 aliphatic heterocycles. The Labute approximate surface area is 133 Å². The zero-order chi connectivity index (χ0) is 15.6. The lowest BCUT2D eigenvalue weighted by atomic mass is 10.1. The Morgan fingerprint density at radius 2 is 2.13 bits per heavy atom. The van der Waals surface area contributed by atoms with E-state index in [4.69, 9.17) is 4.42 Å². The van der Waals surface area contributed by atoms with Crippen LogP contribution in [0, 0.1) is 0 Å². The molecule has 7 heteroatoms. The summed E-state index contributed by atoms with van der Waals surface area (Å²) >= 11 is 0. The van der Waals surface area contributed by atoms with Crippen LogP contribution in [0.1, 0.15) is 31.1 Å². The molecule has 0 aliphatic carbocycles. The molecule has 23 heavy (non-hydrogen) atoms. The molecular formula is C16H18N6O. The Balaban J connectivity index is 1.44. The van der Waals surface area contributed by atoms with Crippen molar-refractivity contribution in [1.82, 2.24) is 30.3 Å². The second-order valence-corrected chi connectivity index (χ2v) is 5.79. The van der Waals surface area contributed by atoms with E-state index in [0.29, 0.717) is 17.8 Å². The molecule has 0 saturated carbocycles. The first-order chi connectivity index (χ1) is 11.3. The second-order valence-electron chi connectivity index (χ2n) is 5.79. The maximum atomic E-state index is 5.81. The largest absolute Gasteiger partial charge is 0.419 e. The standard InChI is InChI=1S/C16H18N6O/c1-11(19-13-7-8-14-17-10-18-22(14)9-13)15-20-21-16(23-15)12-5-3-2-4-6-12/h2-6,10-11,13,19H,7-9H2,1H3. The van der Waals surface area contributed by atoms with Crippen molar-refractivity contribution in [2.45, 2.75) is 38.4 Å². The van der Waals surface area contributed by atoms with E-state index in [-0.39, 0.29) is 6.04 Å². The minimum atomic E-state index is -0.00460. The minimum Gasteiger partial charge on any atom is -0.419 e. The Morgan fingerprint density at radius 1 is 1.26 bits per heavy atom. The van der Waals surface area contributed by atoms with Crippen LogP contribution in [-0.2, 0) is 13.0 Å². The Kier molecular flexibility index (Phi) is 3.63. The fourth-order valence-electron chi connectivity index (χ4n) is 2.91. The molecule has 2 unspecified atom stereocenters. The van der Waals surface area contributed by atoms with Crippen molar-refractivity contribution in [2.24, 2.45) is 0 Å². The van der Waals surface area contributed by atoms with E-state index in [1.54, 1.807) is 6.33 Å². The summed E-state index contributed by atoms with van der Waals surface area (Å²) < 4.78 is 7.76. The van der Waals surface area contributed by atoms with Crippen LogP contribution in [-0.4, -0.2) is 31.0 Å². The molecule has 0 bridgehead atoms.